The second-order valence-electron chi connectivity index (χ2n) is 6.48. The molecule has 0 amide bonds. The Kier molecular flexibility index (Phi) is 7.69. The first-order valence-electron chi connectivity index (χ1n) is 8.96. The fraction of sp³-hybridized carbons (Fsp3) is 0.579. The van der Waals surface area contributed by atoms with Gasteiger partial charge in [0.05, 0.1) is 4.90 Å². The molecule has 0 spiro atoms. The molecule has 0 bridgehead atoms. The summed E-state index contributed by atoms with van der Waals surface area (Å²) >= 11 is 0. The zero-order valence-corrected chi connectivity index (χ0v) is 16.4. The third-order valence-electron chi connectivity index (χ3n) is 4.36. The molecule has 1 aliphatic rings. The van der Waals surface area contributed by atoms with E-state index >= 15 is 0 Å². The lowest BCUT2D eigenvalue weighted by Gasteiger charge is -2.22. The van der Waals surface area contributed by atoms with Crippen molar-refractivity contribution in [3.05, 3.63) is 41.3 Å². The van der Waals surface area contributed by atoms with Crippen LogP contribution < -0.4 is 0 Å². The van der Waals surface area contributed by atoms with Gasteiger partial charge in [-0.1, -0.05) is 73.5 Å². The minimum atomic E-state index is -3.58. The molecule has 5 heteroatoms. The van der Waals surface area contributed by atoms with Gasteiger partial charge in [0.25, 0.3) is 10.0 Å². The number of hydrogen-bond acceptors (Lipinski definition) is 2. The third-order valence-corrected chi connectivity index (χ3v) is 8.32. The topological polar surface area (TPSA) is 46.5 Å². The second kappa shape index (κ2) is 9.52. The SMILES string of the molecule is CCCC/C=C/S(=NS(=O)(=O)c1ccc(C)cc1)C1CCCCC1. The second-order valence-corrected chi connectivity index (χ2v) is 10.1. The van der Waals surface area contributed by atoms with Crippen molar-refractivity contribution < 1.29 is 8.42 Å². The Labute approximate surface area is 149 Å². The maximum atomic E-state index is 12.7. The number of benzene rings is 1. The summed E-state index contributed by atoms with van der Waals surface area (Å²) in [5.41, 5.74) is 1.06. The van der Waals surface area contributed by atoms with E-state index < -0.39 is 20.7 Å². The van der Waals surface area contributed by atoms with E-state index in [2.05, 4.69) is 22.2 Å². The number of sulfonamides is 1. The lowest BCUT2D eigenvalue weighted by atomic mass is 10.0. The van der Waals surface area contributed by atoms with Crippen molar-refractivity contribution in [3.8, 4) is 0 Å². The first-order chi connectivity index (χ1) is 11.5. The normalized spacial score (nSPS) is 18.2. The average Bonchev–Trinajstić information content (AvgIpc) is 2.59. The van der Waals surface area contributed by atoms with Crippen LogP contribution in [0.3, 0.4) is 0 Å². The Morgan fingerprint density at radius 2 is 1.83 bits per heavy atom. The Morgan fingerprint density at radius 3 is 2.46 bits per heavy atom. The molecule has 3 nitrogen and oxygen atoms in total. The monoisotopic (exact) mass is 367 g/mol. The van der Waals surface area contributed by atoms with Gasteiger partial charge < -0.3 is 0 Å². The van der Waals surface area contributed by atoms with Crippen molar-refractivity contribution in [1.82, 2.24) is 0 Å². The highest BCUT2D eigenvalue weighted by Gasteiger charge is 2.20. The van der Waals surface area contributed by atoms with Gasteiger partial charge in [0.1, 0.15) is 0 Å². The molecule has 0 aliphatic heterocycles. The average molecular weight is 368 g/mol. The van der Waals surface area contributed by atoms with Gasteiger partial charge in [0.2, 0.25) is 0 Å². The molecule has 1 fully saturated rings. The first-order valence-corrected chi connectivity index (χ1v) is 11.7. The molecule has 0 radical (unpaired) electrons. The van der Waals surface area contributed by atoms with Crippen molar-refractivity contribution in [1.29, 1.82) is 0 Å². The van der Waals surface area contributed by atoms with Crippen LogP contribution in [0.1, 0.15) is 63.9 Å². The van der Waals surface area contributed by atoms with E-state index in [1.807, 2.05) is 19.1 Å². The van der Waals surface area contributed by atoms with Gasteiger partial charge in [-0.3, -0.25) is 0 Å². The van der Waals surface area contributed by atoms with E-state index in [9.17, 15) is 8.42 Å². The molecule has 1 aromatic carbocycles. The zero-order valence-electron chi connectivity index (χ0n) is 14.8. The van der Waals surface area contributed by atoms with Gasteiger partial charge in [-0.05, 0) is 43.7 Å². The lowest BCUT2D eigenvalue weighted by Crippen LogP contribution is -2.18. The molecule has 1 atom stereocenters. The van der Waals surface area contributed by atoms with E-state index in [4.69, 9.17) is 0 Å². The highest BCUT2D eigenvalue weighted by Crippen LogP contribution is 2.26. The molecule has 1 saturated carbocycles. The number of aryl methyl sites for hydroxylation is 1. The maximum Gasteiger partial charge on any atom is 0.288 e. The summed E-state index contributed by atoms with van der Waals surface area (Å²) in [5.74, 6) is 0. The Hall–Kier alpha value is -0.940. The van der Waals surface area contributed by atoms with Crippen LogP contribution in [0.2, 0.25) is 0 Å². The van der Waals surface area contributed by atoms with Crippen LogP contribution >= 0.6 is 0 Å². The lowest BCUT2D eigenvalue weighted by molar-refractivity contribution is 0.515. The predicted molar refractivity (Wildman–Crippen MR) is 104 cm³/mol. The van der Waals surface area contributed by atoms with Gasteiger partial charge >= 0.3 is 0 Å². The number of allylic oxidation sites excluding steroid dienone is 1. The van der Waals surface area contributed by atoms with Crippen LogP contribution in [0.5, 0.6) is 0 Å². The van der Waals surface area contributed by atoms with Gasteiger partial charge in [-0.25, -0.2) is 0 Å². The summed E-state index contributed by atoms with van der Waals surface area (Å²) in [6.07, 6.45) is 11.3. The van der Waals surface area contributed by atoms with Crippen molar-refractivity contribution >= 4 is 20.7 Å². The summed E-state index contributed by atoms with van der Waals surface area (Å²) in [5, 5.41) is 2.45. The molecule has 1 unspecified atom stereocenters. The van der Waals surface area contributed by atoms with Gasteiger partial charge in [0.15, 0.2) is 0 Å². The van der Waals surface area contributed by atoms with Gasteiger partial charge in [0, 0.05) is 5.25 Å². The van der Waals surface area contributed by atoms with Crippen molar-refractivity contribution in [2.45, 2.75) is 75.4 Å². The van der Waals surface area contributed by atoms with Crippen molar-refractivity contribution in [3.63, 3.8) is 0 Å². The minimum absolute atomic E-state index is 0.309. The molecular weight excluding hydrogens is 338 g/mol. The van der Waals surface area contributed by atoms with Crippen LogP contribution in [0.25, 0.3) is 0 Å². The Balaban J connectivity index is 2.27. The smallest absolute Gasteiger partial charge is 0.199 e. The van der Waals surface area contributed by atoms with E-state index in [1.165, 1.54) is 19.3 Å². The summed E-state index contributed by atoms with van der Waals surface area (Å²) in [6, 6.07) is 6.99. The molecule has 2 rings (SSSR count). The fourth-order valence-corrected chi connectivity index (χ4v) is 6.65. The van der Waals surface area contributed by atoms with E-state index in [0.29, 0.717) is 10.1 Å². The molecule has 1 aliphatic carbocycles. The van der Waals surface area contributed by atoms with Crippen LogP contribution in [-0.2, 0) is 20.7 Å². The quantitative estimate of drug-likeness (QED) is 0.595. The summed E-state index contributed by atoms with van der Waals surface area (Å²) in [7, 11) is -4.12. The van der Waals surface area contributed by atoms with Crippen molar-refractivity contribution in [2.75, 3.05) is 0 Å². The maximum absolute atomic E-state index is 12.7. The summed E-state index contributed by atoms with van der Waals surface area (Å²) < 4.78 is 29.7. The van der Waals surface area contributed by atoms with Crippen LogP contribution in [0, 0.1) is 6.92 Å². The van der Waals surface area contributed by atoms with E-state index in [1.54, 1.807) is 12.1 Å². The molecule has 1 aromatic rings. The molecule has 134 valence electrons. The third kappa shape index (κ3) is 5.85. The number of unbranched alkanes of at least 4 members (excludes halogenated alkanes) is 2. The molecule has 0 aromatic heterocycles. The Morgan fingerprint density at radius 1 is 1.17 bits per heavy atom. The zero-order chi connectivity index (χ0) is 17.4. The van der Waals surface area contributed by atoms with Gasteiger partial charge in [-0.2, -0.15) is 8.42 Å². The van der Waals surface area contributed by atoms with Crippen LogP contribution in [0.4, 0.5) is 0 Å². The first kappa shape index (κ1) is 19.4. The molecule has 0 heterocycles. The van der Waals surface area contributed by atoms with E-state index in [0.717, 1.165) is 37.7 Å². The highest BCUT2D eigenvalue weighted by atomic mass is 32.3. The van der Waals surface area contributed by atoms with E-state index in [-0.39, 0.29) is 0 Å². The van der Waals surface area contributed by atoms with Crippen LogP contribution in [0.15, 0.2) is 44.4 Å². The molecule has 0 N–H and O–H groups in total. The van der Waals surface area contributed by atoms with Crippen LogP contribution in [-0.4, -0.2) is 13.7 Å². The van der Waals surface area contributed by atoms with Crippen molar-refractivity contribution in [2.24, 2.45) is 3.77 Å². The molecule has 24 heavy (non-hydrogen) atoms. The summed E-state index contributed by atoms with van der Waals surface area (Å²) in [6.45, 7) is 4.12. The summed E-state index contributed by atoms with van der Waals surface area (Å²) in [4.78, 5) is 0.309. The number of nitrogens with zero attached hydrogens (tertiary/aromatic N) is 1. The fourth-order valence-electron chi connectivity index (χ4n) is 2.86. The largest absolute Gasteiger partial charge is 0.288 e. The number of hydrogen-bond donors (Lipinski definition) is 0. The molecular formula is C19H29NO2S2. The Bertz CT molecular complexity index is 670. The van der Waals surface area contributed by atoms with Gasteiger partial charge in [-0.15, -0.1) is 3.77 Å². The molecule has 0 saturated heterocycles. The highest BCUT2D eigenvalue weighted by molar-refractivity contribution is 8.01. The number of rotatable bonds is 7. The standard InChI is InChI=1S/C19H29NO2S2/c1-3-4-5-9-16-23(18-10-7-6-8-11-18)20-24(21,22)19-14-12-17(2)13-15-19/h9,12-16,18H,3-8,10-11H2,1-2H3/b16-9+. The minimum Gasteiger partial charge on any atom is -0.199 e. The predicted octanol–water partition coefficient (Wildman–Crippen LogP) is 5.52.